The average Bonchev–Trinajstić information content (AvgIpc) is 3.03. The molecule has 0 saturated carbocycles. The van der Waals surface area contributed by atoms with Crippen LogP contribution in [0.3, 0.4) is 0 Å². The Morgan fingerprint density at radius 2 is 1.96 bits per heavy atom. The lowest BCUT2D eigenvalue weighted by molar-refractivity contribution is 0.0624. The number of hydrogen-bond acceptors (Lipinski definition) is 3. The van der Waals surface area contributed by atoms with Gasteiger partial charge in [0.2, 0.25) is 0 Å². The highest BCUT2D eigenvalue weighted by Gasteiger charge is 2.30. The lowest BCUT2D eigenvalue weighted by atomic mass is 10.0. The molecule has 1 aliphatic rings. The number of hydrogen-bond donors (Lipinski definition) is 1. The van der Waals surface area contributed by atoms with E-state index >= 15 is 0 Å². The van der Waals surface area contributed by atoms with Crippen LogP contribution in [0.5, 0.6) is 0 Å². The van der Waals surface area contributed by atoms with Gasteiger partial charge in [-0.2, -0.15) is 0 Å². The van der Waals surface area contributed by atoms with Crippen molar-refractivity contribution in [3.05, 3.63) is 58.9 Å². The van der Waals surface area contributed by atoms with Gasteiger partial charge in [-0.1, -0.05) is 31.2 Å². The highest BCUT2D eigenvalue weighted by atomic mass is 16.2. The number of aromatic nitrogens is 1. The van der Waals surface area contributed by atoms with Crippen LogP contribution in [0.4, 0.5) is 0 Å². The predicted molar refractivity (Wildman–Crippen MR) is 97.9 cm³/mol. The fraction of sp³-hybridized carbons (Fsp3) is 0.400. The van der Waals surface area contributed by atoms with Crippen LogP contribution in [-0.2, 0) is 13.5 Å². The molecule has 132 valence electrons. The number of amides is 1. The van der Waals surface area contributed by atoms with E-state index in [1.807, 2.05) is 11.9 Å². The maximum absolute atomic E-state index is 13.1. The predicted octanol–water partition coefficient (Wildman–Crippen LogP) is 2.58. The molecular formula is C20H25N3O2. The standard InChI is InChI=1S/C20H25N3O2/c1-4-15-5-7-16(8-6-15)19-12-21-9-10-23(19)20(25)18-11-17(14(2)24)13-22(18)3/h5-8,11,13,19,21H,4,9-10,12H2,1-3H3. The summed E-state index contributed by atoms with van der Waals surface area (Å²) < 4.78 is 1.75. The van der Waals surface area contributed by atoms with E-state index in [-0.39, 0.29) is 17.7 Å². The molecule has 1 aromatic carbocycles. The summed E-state index contributed by atoms with van der Waals surface area (Å²) in [5.41, 5.74) is 3.56. The summed E-state index contributed by atoms with van der Waals surface area (Å²) in [7, 11) is 1.81. The zero-order valence-corrected chi connectivity index (χ0v) is 15.1. The van der Waals surface area contributed by atoms with Gasteiger partial charge in [0.1, 0.15) is 5.69 Å². The van der Waals surface area contributed by atoms with Gasteiger partial charge < -0.3 is 14.8 Å². The molecule has 1 amide bonds. The van der Waals surface area contributed by atoms with Crippen LogP contribution in [-0.4, -0.2) is 40.8 Å². The quantitative estimate of drug-likeness (QED) is 0.871. The van der Waals surface area contributed by atoms with E-state index in [1.165, 1.54) is 12.5 Å². The zero-order chi connectivity index (χ0) is 18.0. The molecular weight excluding hydrogens is 314 g/mol. The normalized spacial score (nSPS) is 17.6. The highest BCUT2D eigenvalue weighted by Crippen LogP contribution is 2.25. The van der Waals surface area contributed by atoms with Gasteiger partial charge in [0.15, 0.2) is 5.78 Å². The first-order valence-corrected chi connectivity index (χ1v) is 8.79. The molecule has 0 aliphatic carbocycles. The van der Waals surface area contributed by atoms with E-state index in [0.29, 0.717) is 17.8 Å². The monoisotopic (exact) mass is 339 g/mol. The molecule has 3 rings (SSSR count). The number of piperazine rings is 1. The highest BCUT2D eigenvalue weighted by molar-refractivity contribution is 5.99. The van der Waals surface area contributed by atoms with E-state index < -0.39 is 0 Å². The van der Waals surface area contributed by atoms with E-state index in [9.17, 15) is 9.59 Å². The summed E-state index contributed by atoms with van der Waals surface area (Å²) in [5.74, 6) is -0.0530. The molecule has 5 heteroatoms. The Bertz CT molecular complexity index is 777. The number of nitrogens with one attached hydrogen (secondary N) is 1. The third-order valence-electron chi connectivity index (χ3n) is 4.91. The number of aryl methyl sites for hydroxylation is 2. The Morgan fingerprint density at radius 3 is 2.56 bits per heavy atom. The summed E-state index contributed by atoms with van der Waals surface area (Å²) >= 11 is 0. The van der Waals surface area contributed by atoms with Crippen LogP contribution in [0.25, 0.3) is 0 Å². The Balaban J connectivity index is 1.89. The third kappa shape index (κ3) is 3.51. The van der Waals surface area contributed by atoms with Crippen molar-refractivity contribution in [3.63, 3.8) is 0 Å². The van der Waals surface area contributed by atoms with Crippen molar-refractivity contribution in [1.82, 2.24) is 14.8 Å². The van der Waals surface area contributed by atoms with E-state index in [4.69, 9.17) is 0 Å². The topological polar surface area (TPSA) is 54.3 Å². The van der Waals surface area contributed by atoms with Crippen molar-refractivity contribution in [2.75, 3.05) is 19.6 Å². The van der Waals surface area contributed by atoms with Crippen LogP contribution in [0.15, 0.2) is 36.5 Å². The van der Waals surface area contributed by atoms with E-state index in [1.54, 1.807) is 16.8 Å². The molecule has 1 fully saturated rings. The van der Waals surface area contributed by atoms with Gasteiger partial charge >= 0.3 is 0 Å². The first-order chi connectivity index (χ1) is 12.0. The van der Waals surface area contributed by atoms with Crippen LogP contribution >= 0.6 is 0 Å². The van der Waals surface area contributed by atoms with Gasteiger partial charge in [-0.15, -0.1) is 0 Å². The van der Waals surface area contributed by atoms with Crippen molar-refractivity contribution in [3.8, 4) is 0 Å². The lowest BCUT2D eigenvalue weighted by Gasteiger charge is -2.36. The average molecular weight is 339 g/mol. The number of rotatable bonds is 4. The Labute approximate surface area is 148 Å². The van der Waals surface area contributed by atoms with Crippen molar-refractivity contribution in [2.24, 2.45) is 7.05 Å². The van der Waals surface area contributed by atoms with Gasteiger partial charge in [0, 0.05) is 38.4 Å². The number of ketones is 1. The fourth-order valence-electron chi connectivity index (χ4n) is 3.34. The Hall–Kier alpha value is -2.40. The summed E-state index contributed by atoms with van der Waals surface area (Å²) in [6, 6.07) is 10.2. The van der Waals surface area contributed by atoms with Crippen molar-refractivity contribution in [1.29, 1.82) is 0 Å². The van der Waals surface area contributed by atoms with Gasteiger partial charge in [0.25, 0.3) is 5.91 Å². The van der Waals surface area contributed by atoms with Crippen LogP contribution in [0.1, 0.15) is 51.9 Å². The molecule has 1 unspecified atom stereocenters. The van der Waals surface area contributed by atoms with Crippen LogP contribution in [0, 0.1) is 0 Å². The molecule has 1 aromatic heterocycles. The smallest absolute Gasteiger partial charge is 0.271 e. The maximum atomic E-state index is 13.1. The number of carbonyl (C=O) groups is 2. The Kier molecular flexibility index (Phi) is 5.04. The van der Waals surface area contributed by atoms with Crippen LogP contribution in [0.2, 0.25) is 0 Å². The minimum absolute atomic E-state index is 0.00262. The van der Waals surface area contributed by atoms with Crippen molar-refractivity contribution < 1.29 is 9.59 Å². The zero-order valence-electron chi connectivity index (χ0n) is 15.1. The van der Waals surface area contributed by atoms with Gasteiger partial charge in [0.05, 0.1) is 6.04 Å². The Morgan fingerprint density at radius 1 is 1.24 bits per heavy atom. The summed E-state index contributed by atoms with van der Waals surface area (Å²) in [6.07, 6.45) is 2.73. The number of Topliss-reactive ketones (excluding diaryl/α,β-unsaturated/α-hetero) is 1. The van der Waals surface area contributed by atoms with Crippen molar-refractivity contribution in [2.45, 2.75) is 26.3 Å². The molecule has 25 heavy (non-hydrogen) atoms. The molecule has 0 spiro atoms. The molecule has 1 aliphatic heterocycles. The summed E-state index contributed by atoms with van der Waals surface area (Å²) in [5, 5.41) is 3.38. The molecule has 2 aromatic rings. The molecule has 5 nitrogen and oxygen atoms in total. The minimum atomic E-state index is -0.0268. The van der Waals surface area contributed by atoms with Gasteiger partial charge in [-0.3, -0.25) is 9.59 Å². The maximum Gasteiger partial charge on any atom is 0.271 e. The molecule has 1 saturated heterocycles. The molecule has 1 N–H and O–H groups in total. The molecule has 2 heterocycles. The minimum Gasteiger partial charge on any atom is -0.346 e. The number of nitrogens with zero attached hydrogens (tertiary/aromatic N) is 2. The van der Waals surface area contributed by atoms with Crippen LogP contribution < -0.4 is 5.32 Å². The first-order valence-electron chi connectivity index (χ1n) is 8.79. The van der Waals surface area contributed by atoms with E-state index in [0.717, 1.165) is 25.1 Å². The third-order valence-corrected chi connectivity index (χ3v) is 4.91. The number of carbonyl (C=O) groups excluding carboxylic acids is 2. The first kappa shape index (κ1) is 17.4. The summed E-state index contributed by atoms with van der Waals surface area (Å²) in [4.78, 5) is 26.7. The fourth-order valence-corrected chi connectivity index (χ4v) is 3.34. The summed E-state index contributed by atoms with van der Waals surface area (Å²) in [6.45, 7) is 5.82. The largest absolute Gasteiger partial charge is 0.346 e. The SMILES string of the molecule is CCc1ccc(C2CNCCN2C(=O)c2cc(C(C)=O)cn2C)cc1. The van der Waals surface area contributed by atoms with E-state index in [2.05, 4.69) is 36.5 Å². The van der Waals surface area contributed by atoms with Gasteiger partial charge in [-0.05, 0) is 30.5 Å². The molecule has 0 bridgehead atoms. The second-order valence-electron chi connectivity index (χ2n) is 6.59. The molecule has 1 atom stereocenters. The second-order valence-corrected chi connectivity index (χ2v) is 6.59. The van der Waals surface area contributed by atoms with Crippen molar-refractivity contribution >= 4 is 11.7 Å². The lowest BCUT2D eigenvalue weighted by Crippen LogP contribution is -2.49. The molecule has 0 radical (unpaired) electrons. The van der Waals surface area contributed by atoms with Gasteiger partial charge in [-0.25, -0.2) is 0 Å². The number of benzene rings is 1. The second kappa shape index (κ2) is 7.23.